The smallest absolute Gasteiger partial charge is 0.248 e. The molecule has 20 heavy (non-hydrogen) atoms. The number of nitrogens with zero attached hydrogens (tertiary/aromatic N) is 1. The topological polar surface area (TPSA) is 58.6 Å². The zero-order valence-corrected chi connectivity index (χ0v) is 12.4. The van der Waals surface area contributed by atoms with Crippen molar-refractivity contribution < 1.29 is 13.7 Å². The maximum Gasteiger partial charge on any atom is 0.248 e. The molecule has 2 aliphatic heterocycles. The van der Waals surface area contributed by atoms with E-state index in [1.54, 1.807) is 0 Å². The van der Waals surface area contributed by atoms with Gasteiger partial charge in [-0.3, -0.25) is 9.00 Å². The molecule has 1 N–H and O–H groups in total. The van der Waals surface area contributed by atoms with Crippen molar-refractivity contribution in [3.8, 4) is 5.75 Å². The Morgan fingerprint density at radius 1 is 1.45 bits per heavy atom. The van der Waals surface area contributed by atoms with Gasteiger partial charge in [-0.15, -0.1) is 0 Å². The fourth-order valence-corrected chi connectivity index (χ4v) is 3.90. The highest BCUT2D eigenvalue weighted by molar-refractivity contribution is 7.85. The maximum absolute atomic E-state index is 12.2. The summed E-state index contributed by atoms with van der Waals surface area (Å²) in [5.74, 6) is 1.61. The van der Waals surface area contributed by atoms with Gasteiger partial charge >= 0.3 is 0 Å². The third-order valence-corrected chi connectivity index (χ3v) is 4.83. The number of carbonyl (C=O) groups excluding carboxylic acids is 1. The van der Waals surface area contributed by atoms with Crippen molar-refractivity contribution >= 4 is 28.1 Å². The lowest BCUT2D eigenvalue weighted by Crippen LogP contribution is -2.55. The highest BCUT2D eigenvalue weighted by Gasteiger charge is 2.38. The molecule has 108 valence electrons. The fraction of sp³-hybridized carbons (Fsp3) is 0.500. The molecule has 2 heterocycles. The molecular weight excluding hydrogens is 276 g/mol. The Labute approximate surface area is 120 Å². The van der Waals surface area contributed by atoms with Crippen LogP contribution in [0.1, 0.15) is 13.8 Å². The third kappa shape index (κ3) is 2.28. The predicted molar refractivity (Wildman–Crippen MR) is 79.8 cm³/mol. The van der Waals surface area contributed by atoms with Gasteiger partial charge < -0.3 is 15.0 Å². The molecule has 0 saturated carbocycles. The predicted octanol–water partition coefficient (Wildman–Crippen LogP) is 1.36. The second-order valence-electron chi connectivity index (χ2n) is 5.33. The molecule has 1 aromatic rings. The summed E-state index contributed by atoms with van der Waals surface area (Å²) in [4.78, 5) is 14.3. The van der Waals surface area contributed by atoms with Crippen LogP contribution in [0.15, 0.2) is 18.2 Å². The van der Waals surface area contributed by atoms with Gasteiger partial charge in [-0.25, -0.2) is 0 Å². The summed E-state index contributed by atoms with van der Waals surface area (Å²) in [6, 6.07) is 5.44. The lowest BCUT2D eigenvalue weighted by molar-refractivity contribution is -0.117. The summed E-state index contributed by atoms with van der Waals surface area (Å²) in [6.45, 7) is 4.55. The van der Waals surface area contributed by atoms with E-state index in [9.17, 15) is 9.00 Å². The molecule has 2 atom stereocenters. The number of anilines is 2. The Hall–Kier alpha value is -1.56. The first-order chi connectivity index (χ1) is 9.56. The van der Waals surface area contributed by atoms with Gasteiger partial charge in [-0.1, -0.05) is 6.07 Å². The molecule has 3 rings (SSSR count). The van der Waals surface area contributed by atoms with E-state index >= 15 is 0 Å². The van der Waals surface area contributed by atoms with Gasteiger partial charge in [-0.05, 0) is 26.0 Å². The average molecular weight is 294 g/mol. The molecule has 2 aliphatic rings. The van der Waals surface area contributed by atoms with E-state index in [1.165, 1.54) is 0 Å². The van der Waals surface area contributed by atoms with Crippen LogP contribution in [0.3, 0.4) is 0 Å². The highest BCUT2D eigenvalue weighted by Crippen LogP contribution is 2.40. The van der Waals surface area contributed by atoms with E-state index in [0.29, 0.717) is 23.8 Å². The van der Waals surface area contributed by atoms with Crippen LogP contribution in [-0.2, 0) is 15.6 Å². The normalized spacial score (nSPS) is 24.9. The minimum Gasteiger partial charge on any atom is -0.489 e. The van der Waals surface area contributed by atoms with E-state index in [1.807, 2.05) is 36.9 Å². The van der Waals surface area contributed by atoms with Crippen LogP contribution in [0.4, 0.5) is 11.4 Å². The summed E-state index contributed by atoms with van der Waals surface area (Å²) in [6.07, 6.45) is 0.0463. The van der Waals surface area contributed by atoms with Gasteiger partial charge in [0.25, 0.3) is 0 Å². The lowest BCUT2D eigenvalue weighted by atomic mass is 10.1. The number of hydrogen-bond donors (Lipinski definition) is 1. The van der Waals surface area contributed by atoms with Crippen molar-refractivity contribution in [1.82, 2.24) is 0 Å². The van der Waals surface area contributed by atoms with E-state index in [4.69, 9.17) is 4.74 Å². The molecule has 1 saturated heterocycles. The van der Waals surface area contributed by atoms with Crippen LogP contribution in [0.25, 0.3) is 0 Å². The molecule has 0 spiro atoms. The quantitative estimate of drug-likeness (QED) is 0.895. The van der Waals surface area contributed by atoms with Gasteiger partial charge in [0, 0.05) is 23.1 Å². The van der Waals surface area contributed by atoms with E-state index in [2.05, 4.69) is 5.32 Å². The molecule has 0 radical (unpaired) electrons. The SMILES string of the molecule is CC(C)Oc1cccc2c1NC(=O)C1CS(=O)CCN21. The van der Waals surface area contributed by atoms with Crippen LogP contribution in [0, 0.1) is 0 Å². The minimum atomic E-state index is -0.904. The van der Waals surface area contributed by atoms with E-state index < -0.39 is 10.8 Å². The molecule has 0 bridgehead atoms. The van der Waals surface area contributed by atoms with Gasteiger partial charge in [0.1, 0.15) is 17.5 Å². The number of hydrogen-bond acceptors (Lipinski definition) is 4. The molecule has 1 aromatic carbocycles. The second kappa shape index (κ2) is 5.09. The van der Waals surface area contributed by atoms with Crippen molar-refractivity contribution in [1.29, 1.82) is 0 Å². The first kappa shape index (κ1) is 13.4. The zero-order chi connectivity index (χ0) is 14.3. The number of para-hydroxylation sites is 1. The Morgan fingerprint density at radius 2 is 2.25 bits per heavy atom. The molecular formula is C14H18N2O3S. The standard InChI is InChI=1S/C14H18N2O3S/c1-9(2)19-12-5-3-4-10-13(12)15-14(17)11-8-20(18)7-6-16(10)11/h3-5,9,11H,6-8H2,1-2H3,(H,15,17). The molecule has 2 unspecified atom stereocenters. The number of rotatable bonds is 2. The van der Waals surface area contributed by atoms with Crippen molar-refractivity contribution in [2.45, 2.75) is 26.0 Å². The zero-order valence-electron chi connectivity index (χ0n) is 11.6. The van der Waals surface area contributed by atoms with Crippen LogP contribution in [0.5, 0.6) is 5.75 Å². The number of fused-ring (bicyclic) bond motifs is 3. The second-order valence-corrected chi connectivity index (χ2v) is 6.95. The summed E-state index contributed by atoms with van der Waals surface area (Å²) in [5.41, 5.74) is 1.69. The Morgan fingerprint density at radius 3 is 3.00 bits per heavy atom. The number of benzene rings is 1. The van der Waals surface area contributed by atoms with Crippen molar-refractivity contribution in [2.75, 3.05) is 28.3 Å². The van der Waals surface area contributed by atoms with Crippen LogP contribution in [-0.4, -0.2) is 40.3 Å². The third-order valence-electron chi connectivity index (χ3n) is 3.51. The number of amides is 1. The summed E-state index contributed by atoms with van der Waals surface area (Å²) in [7, 11) is -0.904. The number of nitrogens with one attached hydrogen (secondary N) is 1. The molecule has 5 nitrogen and oxygen atoms in total. The van der Waals surface area contributed by atoms with Crippen LogP contribution >= 0.6 is 0 Å². The number of carbonyl (C=O) groups is 1. The average Bonchev–Trinajstić information content (AvgIpc) is 2.39. The first-order valence-electron chi connectivity index (χ1n) is 6.78. The summed E-state index contributed by atoms with van der Waals surface area (Å²) >= 11 is 0. The largest absolute Gasteiger partial charge is 0.489 e. The lowest BCUT2D eigenvalue weighted by Gasteiger charge is -2.41. The minimum absolute atomic E-state index is 0.0463. The van der Waals surface area contributed by atoms with E-state index in [-0.39, 0.29) is 18.1 Å². The fourth-order valence-electron chi connectivity index (χ4n) is 2.65. The monoisotopic (exact) mass is 294 g/mol. The first-order valence-corrected chi connectivity index (χ1v) is 8.27. The molecule has 1 fully saturated rings. The Balaban J connectivity index is 2.01. The van der Waals surface area contributed by atoms with Crippen LogP contribution < -0.4 is 15.0 Å². The molecule has 0 aliphatic carbocycles. The maximum atomic E-state index is 12.2. The molecule has 1 amide bonds. The van der Waals surface area contributed by atoms with Crippen molar-refractivity contribution in [2.24, 2.45) is 0 Å². The Bertz CT molecular complexity index is 574. The van der Waals surface area contributed by atoms with Crippen molar-refractivity contribution in [3.05, 3.63) is 18.2 Å². The van der Waals surface area contributed by atoms with Gasteiger partial charge in [-0.2, -0.15) is 0 Å². The summed E-state index contributed by atoms with van der Waals surface area (Å²) in [5, 5.41) is 2.91. The van der Waals surface area contributed by atoms with Crippen LogP contribution in [0.2, 0.25) is 0 Å². The molecule has 0 aromatic heterocycles. The van der Waals surface area contributed by atoms with Gasteiger partial charge in [0.2, 0.25) is 5.91 Å². The van der Waals surface area contributed by atoms with Gasteiger partial charge in [0.05, 0.1) is 17.5 Å². The van der Waals surface area contributed by atoms with E-state index in [0.717, 1.165) is 11.4 Å². The summed E-state index contributed by atoms with van der Waals surface area (Å²) < 4.78 is 17.4. The molecule has 6 heteroatoms. The van der Waals surface area contributed by atoms with Crippen molar-refractivity contribution in [3.63, 3.8) is 0 Å². The highest BCUT2D eigenvalue weighted by atomic mass is 32.2. The van der Waals surface area contributed by atoms with Gasteiger partial charge in [0.15, 0.2) is 0 Å². The number of ether oxygens (including phenoxy) is 1. The Kier molecular flexibility index (Phi) is 3.41.